The monoisotopic (exact) mass is 562 g/mol. The minimum Gasteiger partial charge on any atom is -0.493 e. The fourth-order valence-corrected chi connectivity index (χ4v) is 3.69. The van der Waals surface area contributed by atoms with Gasteiger partial charge < -0.3 is 14.5 Å². The summed E-state index contributed by atoms with van der Waals surface area (Å²) in [6, 6.07) is 18.6. The van der Waals surface area contributed by atoms with E-state index in [4.69, 9.17) is 9.15 Å². The average molecular weight is 563 g/mol. The fourth-order valence-electron chi connectivity index (χ4n) is 2.84. The summed E-state index contributed by atoms with van der Waals surface area (Å²) < 4.78 is 13.2. The van der Waals surface area contributed by atoms with Crippen molar-refractivity contribution in [2.75, 3.05) is 11.9 Å². The lowest BCUT2D eigenvalue weighted by molar-refractivity contribution is 0.102. The quantitative estimate of drug-likeness (QED) is 0.281. The number of amides is 1. The Morgan fingerprint density at radius 3 is 2.66 bits per heavy atom. The van der Waals surface area contributed by atoms with Crippen LogP contribution >= 0.6 is 38.5 Å². The predicted molar refractivity (Wildman–Crippen MR) is 125 cm³/mol. The van der Waals surface area contributed by atoms with Crippen molar-refractivity contribution in [2.45, 2.75) is 6.92 Å². The van der Waals surface area contributed by atoms with Crippen LogP contribution in [0, 0.1) is 3.57 Å². The number of carbonyl (C=O) groups is 1. The Labute approximate surface area is 189 Å². The molecule has 0 saturated carbocycles. The molecule has 0 unspecified atom stereocenters. The number of carbonyl (C=O) groups excluding carboxylic acids is 1. The third kappa shape index (κ3) is 4.45. The Balaban J connectivity index is 1.56. The highest BCUT2D eigenvalue weighted by molar-refractivity contribution is 14.1. The Bertz CT molecular complexity index is 1190. The number of benzene rings is 3. The van der Waals surface area contributed by atoms with Gasteiger partial charge in [-0.1, -0.05) is 0 Å². The number of ether oxygens (including phenoxy) is 1. The van der Waals surface area contributed by atoms with Crippen LogP contribution in [0.5, 0.6) is 5.75 Å². The summed E-state index contributed by atoms with van der Waals surface area (Å²) in [5.74, 6) is 1.04. The zero-order valence-electron chi connectivity index (χ0n) is 15.4. The minimum atomic E-state index is -0.213. The Hall–Kier alpha value is -2.39. The van der Waals surface area contributed by atoms with Gasteiger partial charge >= 0.3 is 0 Å². The van der Waals surface area contributed by atoms with Crippen LogP contribution < -0.4 is 10.1 Å². The molecule has 7 heteroatoms. The SMILES string of the molecule is CCOc1ccc(C(=O)Nc2ccc3oc(-c4ccc(I)cc4)nc3c2)cc1Br. The van der Waals surface area contributed by atoms with Crippen LogP contribution in [0.15, 0.2) is 69.6 Å². The highest BCUT2D eigenvalue weighted by Gasteiger charge is 2.12. The van der Waals surface area contributed by atoms with E-state index in [2.05, 4.69) is 48.8 Å². The number of oxazole rings is 1. The number of nitrogens with zero attached hydrogens (tertiary/aromatic N) is 1. The number of fused-ring (bicyclic) bond motifs is 1. The number of nitrogens with one attached hydrogen (secondary N) is 1. The summed E-state index contributed by atoms with van der Waals surface area (Å²) in [5, 5.41) is 2.90. The van der Waals surface area contributed by atoms with Crippen LogP contribution in [-0.2, 0) is 0 Å². The molecule has 1 aromatic heterocycles. The number of aromatic nitrogens is 1. The van der Waals surface area contributed by atoms with Crippen LogP contribution in [-0.4, -0.2) is 17.5 Å². The van der Waals surface area contributed by atoms with Crippen LogP contribution in [0.3, 0.4) is 0 Å². The summed E-state index contributed by atoms with van der Waals surface area (Å²) in [6.45, 7) is 2.48. The van der Waals surface area contributed by atoms with Crippen molar-refractivity contribution in [3.8, 4) is 17.2 Å². The molecule has 0 aliphatic carbocycles. The number of anilines is 1. The molecule has 0 fully saturated rings. The van der Waals surface area contributed by atoms with E-state index in [1.807, 2.05) is 37.3 Å². The number of hydrogen-bond donors (Lipinski definition) is 1. The first-order valence-corrected chi connectivity index (χ1v) is 10.8. The molecule has 29 heavy (non-hydrogen) atoms. The maximum atomic E-state index is 12.6. The van der Waals surface area contributed by atoms with E-state index >= 15 is 0 Å². The molecule has 5 nitrogen and oxygen atoms in total. The standard InChI is InChI=1S/C22H16BrIN2O3/c1-2-28-19-9-5-14(11-17(19)23)21(27)25-16-8-10-20-18(12-16)26-22(29-20)13-3-6-15(24)7-4-13/h3-12H,2H2,1H3,(H,25,27). The predicted octanol–water partition coefficient (Wildman–Crippen LogP) is 6.51. The molecule has 0 aliphatic rings. The molecule has 1 heterocycles. The van der Waals surface area contributed by atoms with E-state index in [0.29, 0.717) is 40.6 Å². The third-order valence-corrected chi connectivity index (χ3v) is 5.57. The second-order valence-corrected chi connectivity index (χ2v) is 8.34. The zero-order valence-corrected chi connectivity index (χ0v) is 19.2. The molecule has 4 aromatic rings. The molecule has 0 aliphatic heterocycles. The van der Waals surface area contributed by atoms with Gasteiger partial charge in [-0.25, -0.2) is 4.98 Å². The first-order valence-electron chi connectivity index (χ1n) is 8.93. The molecule has 146 valence electrons. The highest BCUT2D eigenvalue weighted by Crippen LogP contribution is 2.28. The van der Waals surface area contributed by atoms with Crippen molar-refractivity contribution in [1.82, 2.24) is 4.98 Å². The average Bonchev–Trinajstić information content (AvgIpc) is 3.13. The van der Waals surface area contributed by atoms with Gasteiger partial charge in [-0.2, -0.15) is 0 Å². The van der Waals surface area contributed by atoms with Crippen molar-refractivity contribution in [3.05, 3.63) is 74.3 Å². The molecule has 0 spiro atoms. The van der Waals surface area contributed by atoms with E-state index in [9.17, 15) is 4.79 Å². The molecule has 0 atom stereocenters. The second kappa shape index (κ2) is 8.54. The topological polar surface area (TPSA) is 64.4 Å². The summed E-state index contributed by atoms with van der Waals surface area (Å²) in [7, 11) is 0. The first kappa shape index (κ1) is 19.9. The smallest absolute Gasteiger partial charge is 0.255 e. The normalized spacial score (nSPS) is 10.9. The second-order valence-electron chi connectivity index (χ2n) is 6.24. The molecule has 0 saturated heterocycles. The lowest BCUT2D eigenvalue weighted by Gasteiger charge is -2.09. The van der Waals surface area contributed by atoms with E-state index in [0.717, 1.165) is 13.6 Å². The van der Waals surface area contributed by atoms with E-state index in [1.165, 1.54) is 0 Å². The minimum absolute atomic E-state index is 0.213. The van der Waals surface area contributed by atoms with Gasteiger partial charge in [-0.3, -0.25) is 4.79 Å². The van der Waals surface area contributed by atoms with Crippen molar-refractivity contribution >= 4 is 61.2 Å². The summed E-state index contributed by atoms with van der Waals surface area (Å²) in [5.41, 5.74) is 3.44. The molecule has 1 N–H and O–H groups in total. The van der Waals surface area contributed by atoms with Gasteiger partial charge in [0.1, 0.15) is 11.3 Å². The molecule has 0 radical (unpaired) electrons. The fraction of sp³-hybridized carbons (Fsp3) is 0.0909. The maximum absolute atomic E-state index is 12.6. The number of rotatable bonds is 5. The highest BCUT2D eigenvalue weighted by atomic mass is 127. The summed E-state index contributed by atoms with van der Waals surface area (Å²) in [6.07, 6.45) is 0. The molecular weight excluding hydrogens is 547 g/mol. The largest absolute Gasteiger partial charge is 0.493 e. The first-order chi connectivity index (χ1) is 14.0. The van der Waals surface area contributed by atoms with Crippen molar-refractivity contribution in [1.29, 1.82) is 0 Å². The summed E-state index contributed by atoms with van der Waals surface area (Å²) in [4.78, 5) is 17.2. The van der Waals surface area contributed by atoms with Gasteiger partial charge in [0.15, 0.2) is 5.58 Å². The van der Waals surface area contributed by atoms with Crippen LogP contribution in [0.1, 0.15) is 17.3 Å². The van der Waals surface area contributed by atoms with Gasteiger partial charge in [-0.05, 0) is 106 Å². The van der Waals surface area contributed by atoms with Gasteiger partial charge in [0.05, 0.1) is 11.1 Å². The van der Waals surface area contributed by atoms with Gasteiger partial charge in [0.25, 0.3) is 5.91 Å². The lowest BCUT2D eigenvalue weighted by atomic mass is 10.2. The molecule has 0 bridgehead atoms. The number of hydrogen-bond acceptors (Lipinski definition) is 4. The molecule has 4 rings (SSSR count). The Morgan fingerprint density at radius 1 is 1.14 bits per heavy atom. The van der Waals surface area contributed by atoms with Crippen molar-refractivity contribution in [2.24, 2.45) is 0 Å². The van der Waals surface area contributed by atoms with Crippen molar-refractivity contribution < 1.29 is 13.9 Å². The van der Waals surface area contributed by atoms with Crippen LogP contribution in [0.4, 0.5) is 5.69 Å². The van der Waals surface area contributed by atoms with Gasteiger partial charge in [0, 0.05) is 20.4 Å². The molecular formula is C22H16BrIN2O3. The van der Waals surface area contributed by atoms with E-state index in [-0.39, 0.29) is 5.91 Å². The molecule has 3 aromatic carbocycles. The van der Waals surface area contributed by atoms with Crippen molar-refractivity contribution in [3.63, 3.8) is 0 Å². The van der Waals surface area contributed by atoms with Crippen LogP contribution in [0.2, 0.25) is 0 Å². The van der Waals surface area contributed by atoms with Gasteiger partial charge in [0.2, 0.25) is 5.89 Å². The number of halogens is 2. The zero-order chi connectivity index (χ0) is 20.4. The Morgan fingerprint density at radius 2 is 1.93 bits per heavy atom. The van der Waals surface area contributed by atoms with E-state index < -0.39 is 0 Å². The maximum Gasteiger partial charge on any atom is 0.255 e. The van der Waals surface area contributed by atoms with Gasteiger partial charge in [-0.15, -0.1) is 0 Å². The Kier molecular flexibility index (Phi) is 5.86. The third-order valence-electron chi connectivity index (χ3n) is 4.23. The summed E-state index contributed by atoms with van der Waals surface area (Å²) >= 11 is 5.69. The molecule has 1 amide bonds. The van der Waals surface area contributed by atoms with Crippen LogP contribution in [0.25, 0.3) is 22.6 Å². The lowest BCUT2D eigenvalue weighted by Crippen LogP contribution is -2.12. The van der Waals surface area contributed by atoms with E-state index in [1.54, 1.807) is 30.3 Å².